The van der Waals surface area contributed by atoms with E-state index in [2.05, 4.69) is 31.4 Å². The molecule has 0 aliphatic rings. The number of halogens is 1. The first kappa shape index (κ1) is 18.7. The van der Waals surface area contributed by atoms with E-state index >= 15 is 0 Å². The molecule has 26 heavy (non-hydrogen) atoms. The van der Waals surface area contributed by atoms with E-state index in [4.69, 9.17) is 0 Å². The number of thioether (sulfide) groups is 1. The molecule has 0 aliphatic heterocycles. The van der Waals surface area contributed by atoms with Crippen LogP contribution in [0.4, 0.5) is 5.69 Å². The van der Waals surface area contributed by atoms with Crippen molar-refractivity contribution in [2.75, 3.05) is 11.1 Å². The van der Waals surface area contributed by atoms with E-state index in [9.17, 15) is 4.79 Å². The van der Waals surface area contributed by atoms with Crippen LogP contribution in [-0.4, -0.2) is 26.4 Å². The van der Waals surface area contributed by atoms with Crippen LogP contribution in [0.15, 0.2) is 52.1 Å². The maximum atomic E-state index is 12.2. The number of hydrogen-bond acceptors (Lipinski definition) is 4. The fourth-order valence-corrected chi connectivity index (χ4v) is 3.66. The molecule has 0 saturated heterocycles. The van der Waals surface area contributed by atoms with E-state index in [0.29, 0.717) is 5.16 Å². The second-order valence-electron chi connectivity index (χ2n) is 6.03. The molecule has 3 aromatic rings. The van der Waals surface area contributed by atoms with Crippen molar-refractivity contribution in [2.24, 2.45) is 7.05 Å². The van der Waals surface area contributed by atoms with Gasteiger partial charge in [0.2, 0.25) is 5.91 Å². The summed E-state index contributed by atoms with van der Waals surface area (Å²) in [7, 11) is 1.91. The number of benzene rings is 2. The van der Waals surface area contributed by atoms with E-state index in [-0.39, 0.29) is 11.7 Å². The number of amides is 1. The van der Waals surface area contributed by atoms with Crippen molar-refractivity contribution in [2.45, 2.75) is 19.0 Å². The van der Waals surface area contributed by atoms with Gasteiger partial charge < -0.3 is 9.88 Å². The summed E-state index contributed by atoms with van der Waals surface area (Å²) in [5.74, 6) is 0.993. The number of nitrogens with one attached hydrogen (secondary N) is 1. The monoisotopic (exact) mass is 430 g/mol. The Hall–Kier alpha value is -2.12. The molecule has 0 fully saturated rings. The lowest BCUT2D eigenvalue weighted by molar-refractivity contribution is -0.113. The fourth-order valence-electron chi connectivity index (χ4n) is 2.48. The van der Waals surface area contributed by atoms with Gasteiger partial charge in [0.25, 0.3) is 0 Å². The van der Waals surface area contributed by atoms with Crippen LogP contribution >= 0.6 is 27.7 Å². The first-order chi connectivity index (χ1) is 12.4. The van der Waals surface area contributed by atoms with E-state index in [0.717, 1.165) is 27.1 Å². The molecule has 2 aromatic carbocycles. The van der Waals surface area contributed by atoms with Gasteiger partial charge in [-0.25, -0.2) is 0 Å². The third-order valence-corrected chi connectivity index (χ3v) is 5.45. The lowest BCUT2D eigenvalue weighted by Gasteiger charge is -2.08. The van der Waals surface area contributed by atoms with Crippen molar-refractivity contribution in [1.82, 2.24) is 14.8 Å². The van der Waals surface area contributed by atoms with Gasteiger partial charge >= 0.3 is 0 Å². The minimum atomic E-state index is -0.0692. The predicted octanol–water partition coefficient (Wildman–Crippen LogP) is 4.59. The molecule has 0 saturated carbocycles. The third-order valence-electron chi connectivity index (χ3n) is 3.94. The minimum absolute atomic E-state index is 0.0692. The van der Waals surface area contributed by atoms with Gasteiger partial charge in [0.1, 0.15) is 0 Å². The molecule has 0 spiro atoms. The number of carbonyl (C=O) groups excluding carboxylic acids is 1. The Balaban J connectivity index is 1.64. The largest absolute Gasteiger partial charge is 0.325 e. The minimum Gasteiger partial charge on any atom is -0.325 e. The van der Waals surface area contributed by atoms with Gasteiger partial charge in [0, 0.05) is 22.8 Å². The normalized spacial score (nSPS) is 10.8. The number of carbonyl (C=O) groups is 1. The first-order valence-corrected chi connectivity index (χ1v) is 9.87. The van der Waals surface area contributed by atoms with E-state index in [1.54, 1.807) is 0 Å². The second-order valence-corrected chi connectivity index (χ2v) is 7.89. The summed E-state index contributed by atoms with van der Waals surface area (Å²) in [4.78, 5) is 12.2. The first-order valence-electron chi connectivity index (χ1n) is 8.09. The molecule has 0 bridgehead atoms. The maximum absolute atomic E-state index is 12.2. The van der Waals surface area contributed by atoms with Gasteiger partial charge in [-0.2, -0.15) is 0 Å². The Kier molecular flexibility index (Phi) is 5.78. The summed E-state index contributed by atoms with van der Waals surface area (Å²) in [5, 5.41) is 12.1. The molecular weight excluding hydrogens is 412 g/mol. The van der Waals surface area contributed by atoms with Gasteiger partial charge in [-0.3, -0.25) is 4.79 Å². The maximum Gasteiger partial charge on any atom is 0.234 e. The Morgan fingerprint density at radius 3 is 2.58 bits per heavy atom. The summed E-state index contributed by atoms with van der Waals surface area (Å²) in [5.41, 5.74) is 4.04. The molecule has 5 nitrogen and oxygen atoms in total. The zero-order chi connectivity index (χ0) is 18.7. The fraction of sp³-hybridized carbons (Fsp3) is 0.211. The lowest BCUT2D eigenvalue weighted by Crippen LogP contribution is -2.15. The van der Waals surface area contributed by atoms with Crippen LogP contribution < -0.4 is 5.32 Å². The number of rotatable bonds is 5. The Labute approximate surface area is 165 Å². The zero-order valence-corrected chi connectivity index (χ0v) is 17.2. The van der Waals surface area contributed by atoms with Gasteiger partial charge in [-0.05, 0) is 37.6 Å². The highest BCUT2D eigenvalue weighted by Gasteiger charge is 2.13. The summed E-state index contributed by atoms with van der Waals surface area (Å²) in [6.07, 6.45) is 0. The molecule has 0 radical (unpaired) electrons. The number of aromatic nitrogens is 3. The molecule has 1 amide bonds. The van der Waals surface area contributed by atoms with E-state index in [1.807, 2.05) is 67.9 Å². The number of nitrogens with zero attached hydrogens (tertiary/aromatic N) is 3. The Bertz CT molecular complexity index is 937. The van der Waals surface area contributed by atoms with Crippen LogP contribution in [0.5, 0.6) is 0 Å². The summed E-state index contributed by atoms with van der Waals surface area (Å²) in [6, 6.07) is 13.9. The lowest BCUT2D eigenvalue weighted by atomic mass is 10.1. The number of aryl methyl sites for hydroxylation is 2. The van der Waals surface area contributed by atoms with Crippen LogP contribution in [0.3, 0.4) is 0 Å². The second kappa shape index (κ2) is 8.05. The van der Waals surface area contributed by atoms with Gasteiger partial charge in [0.15, 0.2) is 11.0 Å². The quantitative estimate of drug-likeness (QED) is 0.601. The van der Waals surface area contributed by atoms with Crippen LogP contribution in [0, 0.1) is 13.8 Å². The molecule has 1 aromatic heterocycles. The highest BCUT2D eigenvalue weighted by atomic mass is 79.9. The zero-order valence-electron chi connectivity index (χ0n) is 14.8. The molecule has 1 N–H and O–H groups in total. The molecule has 1 heterocycles. The van der Waals surface area contributed by atoms with Crippen molar-refractivity contribution >= 4 is 39.3 Å². The van der Waals surface area contributed by atoms with Crippen molar-refractivity contribution in [3.05, 3.63) is 58.1 Å². The Morgan fingerprint density at radius 2 is 1.88 bits per heavy atom. The summed E-state index contributed by atoms with van der Waals surface area (Å²) in [6.45, 7) is 4.01. The van der Waals surface area contributed by atoms with Crippen molar-refractivity contribution in [1.29, 1.82) is 0 Å². The van der Waals surface area contributed by atoms with Crippen molar-refractivity contribution in [3.8, 4) is 11.4 Å². The average molecular weight is 431 g/mol. The van der Waals surface area contributed by atoms with Crippen LogP contribution in [0.25, 0.3) is 11.4 Å². The predicted molar refractivity (Wildman–Crippen MR) is 109 cm³/mol. The van der Waals surface area contributed by atoms with Gasteiger partial charge in [0.05, 0.1) is 5.75 Å². The molecule has 7 heteroatoms. The van der Waals surface area contributed by atoms with E-state index < -0.39 is 0 Å². The highest BCUT2D eigenvalue weighted by molar-refractivity contribution is 9.10. The standard InChI is InChI=1S/C19H19BrN4OS/c1-12-4-6-14(7-5-12)18-22-23-19(24(18)3)26-11-17(25)21-16-9-8-15(20)10-13(16)2/h4-10H,11H2,1-3H3,(H,21,25). The Morgan fingerprint density at radius 1 is 1.15 bits per heavy atom. The van der Waals surface area contributed by atoms with E-state index in [1.165, 1.54) is 17.3 Å². The SMILES string of the molecule is Cc1ccc(-c2nnc(SCC(=O)Nc3ccc(Br)cc3C)n2C)cc1. The van der Waals surface area contributed by atoms with Crippen molar-refractivity contribution < 1.29 is 4.79 Å². The smallest absolute Gasteiger partial charge is 0.234 e. The van der Waals surface area contributed by atoms with Gasteiger partial charge in [-0.1, -0.05) is 57.5 Å². The highest BCUT2D eigenvalue weighted by Crippen LogP contribution is 2.24. The van der Waals surface area contributed by atoms with Crippen LogP contribution in [-0.2, 0) is 11.8 Å². The molecule has 0 unspecified atom stereocenters. The number of hydrogen-bond donors (Lipinski definition) is 1. The molecule has 3 rings (SSSR count). The third kappa shape index (κ3) is 4.34. The molecule has 0 atom stereocenters. The molecular formula is C19H19BrN4OS. The molecule has 134 valence electrons. The van der Waals surface area contributed by atoms with Crippen LogP contribution in [0.2, 0.25) is 0 Å². The number of anilines is 1. The topological polar surface area (TPSA) is 59.8 Å². The van der Waals surface area contributed by atoms with Gasteiger partial charge in [-0.15, -0.1) is 10.2 Å². The summed E-state index contributed by atoms with van der Waals surface area (Å²) < 4.78 is 2.90. The van der Waals surface area contributed by atoms with Crippen molar-refractivity contribution in [3.63, 3.8) is 0 Å². The summed E-state index contributed by atoms with van der Waals surface area (Å²) >= 11 is 4.79. The molecule has 0 aliphatic carbocycles. The van der Waals surface area contributed by atoms with Crippen LogP contribution in [0.1, 0.15) is 11.1 Å². The average Bonchev–Trinajstić information content (AvgIpc) is 2.97.